The first-order chi connectivity index (χ1) is 15.4. The van der Waals surface area contributed by atoms with Crippen LogP contribution in [0.5, 0.6) is 0 Å². The standard InChI is InChI=1S/C14H22N3O14P3/c1-3-5-14(20)9(7-18)11(28-12(14)17-6-4-10(15)16-13(17)19)8(2)29-33(24,25)31-34(26,27)30-32(21,22)23/h4,6,8-9,11-12,18,20H,7H2,1-2H3,(H,24,25)(H,26,27)(H2,15,16,19)(H2,21,22,23)/t8-,9?,11-,12-,14?/m1/s1. The predicted octanol–water partition coefficient (Wildman–Crippen LogP) is -1.18. The molecule has 1 aromatic heterocycles. The van der Waals surface area contributed by atoms with E-state index in [2.05, 4.69) is 25.4 Å². The average Bonchev–Trinajstić information content (AvgIpc) is 2.90. The molecule has 1 aliphatic rings. The van der Waals surface area contributed by atoms with Crippen LogP contribution in [-0.4, -0.2) is 63.8 Å². The minimum absolute atomic E-state index is 0.138. The fourth-order valence-electron chi connectivity index (χ4n) is 3.27. The van der Waals surface area contributed by atoms with E-state index in [4.69, 9.17) is 24.8 Å². The Morgan fingerprint density at radius 1 is 1.26 bits per heavy atom. The van der Waals surface area contributed by atoms with Crippen LogP contribution in [0.1, 0.15) is 20.1 Å². The smallest absolute Gasteiger partial charge is 0.396 e. The lowest BCUT2D eigenvalue weighted by Gasteiger charge is -2.29. The van der Waals surface area contributed by atoms with Crippen molar-refractivity contribution in [3.8, 4) is 11.8 Å². The van der Waals surface area contributed by atoms with Gasteiger partial charge in [-0.15, -0.1) is 5.92 Å². The summed E-state index contributed by atoms with van der Waals surface area (Å²) in [6.45, 7) is 1.59. The topological polar surface area (TPSA) is 270 Å². The Hall–Kier alpha value is -1.47. The molecule has 0 saturated carbocycles. The van der Waals surface area contributed by atoms with Gasteiger partial charge >= 0.3 is 29.2 Å². The molecule has 1 fully saturated rings. The molecular weight excluding hydrogens is 527 g/mol. The number of nitrogen functional groups attached to an aromatic ring is 1. The third kappa shape index (κ3) is 6.81. The van der Waals surface area contributed by atoms with Crippen LogP contribution >= 0.6 is 23.5 Å². The summed E-state index contributed by atoms with van der Waals surface area (Å²) in [5.74, 6) is 3.32. The molecule has 2 heterocycles. The fourth-order valence-corrected chi connectivity index (χ4v) is 6.47. The first-order valence-corrected chi connectivity index (χ1v) is 13.6. The zero-order valence-corrected chi connectivity index (χ0v) is 20.1. The Morgan fingerprint density at radius 3 is 2.38 bits per heavy atom. The van der Waals surface area contributed by atoms with Crippen LogP contribution in [-0.2, 0) is 31.6 Å². The van der Waals surface area contributed by atoms with Gasteiger partial charge in [-0.2, -0.15) is 13.6 Å². The summed E-state index contributed by atoms with van der Waals surface area (Å²) in [6.07, 6.45) is -3.60. The lowest BCUT2D eigenvalue weighted by atomic mass is 9.84. The van der Waals surface area contributed by atoms with Gasteiger partial charge in [0.1, 0.15) is 5.82 Å². The number of phosphoric acid groups is 3. The number of nitrogens with two attached hydrogens (primary N) is 1. The number of phosphoric ester groups is 1. The largest absolute Gasteiger partial charge is 0.490 e. The minimum atomic E-state index is -5.78. The van der Waals surface area contributed by atoms with E-state index in [1.165, 1.54) is 13.0 Å². The molecule has 1 aromatic rings. The van der Waals surface area contributed by atoms with Crippen LogP contribution in [0.25, 0.3) is 0 Å². The highest BCUT2D eigenvalue weighted by molar-refractivity contribution is 7.66. The molecule has 1 saturated heterocycles. The van der Waals surface area contributed by atoms with Gasteiger partial charge in [-0.05, 0) is 19.9 Å². The van der Waals surface area contributed by atoms with Gasteiger partial charge in [-0.1, -0.05) is 5.92 Å². The zero-order valence-electron chi connectivity index (χ0n) is 17.4. The molecule has 192 valence electrons. The van der Waals surface area contributed by atoms with Gasteiger partial charge in [0, 0.05) is 6.20 Å². The van der Waals surface area contributed by atoms with Crippen molar-refractivity contribution in [2.75, 3.05) is 12.3 Å². The maximum atomic E-state index is 12.3. The number of ether oxygens (including phenoxy) is 1. The third-order valence-corrected chi connectivity index (χ3v) is 8.35. The highest BCUT2D eigenvalue weighted by Crippen LogP contribution is 2.66. The first kappa shape index (κ1) is 28.8. The second-order valence-electron chi connectivity index (χ2n) is 6.89. The number of hydrogen-bond donors (Lipinski definition) is 7. The van der Waals surface area contributed by atoms with E-state index >= 15 is 0 Å². The highest BCUT2D eigenvalue weighted by Gasteiger charge is 2.58. The second-order valence-corrected chi connectivity index (χ2v) is 11.3. The van der Waals surface area contributed by atoms with E-state index < -0.39 is 65.7 Å². The molecule has 0 aromatic carbocycles. The van der Waals surface area contributed by atoms with Gasteiger partial charge < -0.3 is 40.3 Å². The van der Waals surface area contributed by atoms with E-state index in [1.54, 1.807) is 0 Å². The van der Waals surface area contributed by atoms with Crippen LogP contribution in [0, 0.1) is 17.8 Å². The van der Waals surface area contributed by atoms with Gasteiger partial charge in [-0.3, -0.25) is 9.09 Å². The van der Waals surface area contributed by atoms with Crippen LogP contribution in [0.3, 0.4) is 0 Å². The van der Waals surface area contributed by atoms with E-state index in [9.17, 15) is 38.5 Å². The van der Waals surface area contributed by atoms with Gasteiger partial charge in [0.15, 0.2) is 11.8 Å². The molecular formula is C14H22N3O14P3. The summed E-state index contributed by atoms with van der Waals surface area (Å²) >= 11 is 0. The molecule has 2 rings (SSSR count). The maximum absolute atomic E-state index is 12.3. The van der Waals surface area contributed by atoms with Crippen molar-refractivity contribution in [1.82, 2.24) is 9.55 Å². The van der Waals surface area contributed by atoms with Crippen molar-refractivity contribution in [3.63, 3.8) is 0 Å². The molecule has 0 radical (unpaired) electrons. The molecule has 1 aliphatic heterocycles. The van der Waals surface area contributed by atoms with E-state index in [1.807, 2.05) is 0 Å². The summed E-state index contributed by atoms with van der Waals surface area (Å²) in [5.41, 5.74) is 2.23. The van der Waals surface area contributed by atoms with Crippen molar-refractivity contribution < 1.29 is 61.4 Å². The van der Waals surface area contributed by atoms with E-state index in [0.717, 1.165) is 17.7 Å². The van der Waals surface area contributed by atoms with E-state index in [-0.39, 0.29) is 5.82 Å². The zero-order chi connectivity index (χ0) is 26.1. The first-order valence-electron chi connectivity index (χ1n) is 9.04. The molecule has 7 atom stereocenters. The Balaban J connectivity index is 2.37. The molecule has 0 spiro atoms. The molecule has 4 unspecified atom stereocenters. The number of aliphatic hydroxyl groups excluding tert-OH is 1. The van der Waals surface area contributed by atoms with Crippen LogP contribution in [0.4, 0.5) is 5.82 Å². The summed E-state index contributed by atoms with van der Waals surface area (Å²) < 4.78 is 52.9. The lowest BCUT2D eigenvalue weighted by molar-refractivity contribution is -0.0868. The second kappa shape index (κ2) is 10.3. The highest BCUT2D eigenvalue weighted by atomic mass is 31.3. The molecule has 8 N–H and O–H groups in total. The monoisotopic (exact) mass is 549 g/mol. The van der Waals surface area contributed by atoms with Crippen molar-refractivity contribution in [1.29, 1.82) is 0 Å². The minimum Gasteiger partial charge on any atom is -0.396 e. The van der Waals surface area contributed by atoms with E-state index in [0.29, 0.717) is 0 Å². The van der Waals surface area contributed by atoms with Crippen molar-refractivity contribution in [2.24, 2.45) is 5.92 Å². The number of aromatic nitrogens is 2. The fraction of sp³-hybridized carbons (Fsp3) is 0.571. The molecule has 34 heavy (non-hydrogen) atoms. The maximum Gasteiger partial charge on any atom is 0.490 e. The van der Waals surface area contributed by atoms with Crippen molar-refractivity contribution in [2.45, 2.75) is 37.9 Å². The molecule has 20 heteroatoms. The Bertz CT molecular complexity index is 1170. The molecule has 0 aliphatic carbocycles. The number of hydrogen-bond acceptors (Lipinski definition) is 12. The summed E-state index contributed by atoms with van der Waals surface area (Å²) in [7, 11) is -16.9. The molecule has 0 bridgehead atoms. The number of aliphatic hydroxyl groups is 2. The summed E-state index contributed by atoms with van der Waals surface area (Å²) in [4.78, 5) is 52.0. The number of rotatable bonds is 9. The van der Waals surface area contributed by atoms with Crippen LogP contribution in [0.15, 0.2) is 17.1 Å². The summed E-state index contributed by atoms with van der Waals surface area (Å²) in [6, 6.07) is 1.21. The van der Waals surface area contributed by atoms with Crippen LogP contribution < -0.4 is 11.4 Å². The normalized spacial score (nSPS) is 29.5. The Morgan fingerprint density at radius 2 is 1.88 bits per heavy atom. The van der Waals surface area contributed by atoms with Gasteiger partial charge in [-0.25, -0.2) is 18.5 Å². The average molecular weight is 549 g/mol. The molecule has 0 amide bonds. The quantitative estimate of drug-likeness (QED) is 0.141. The van der Waals surface area contributed by atoms with Gasteiger partial charge in [0.25, 0.3) is 0 Å². The van der Waals surface area contributed by atoms with Gasteiger partial charge in [0.2, 0.25) is 0 Å². The number of nitrogens with zero attached hydrogens (tertiary/aromatic N) is 2. The Kier molecular flexibility index (Phi) is 8.68. The van der Waals surface area contributed by atoms with Gasteiger partial charge in [0.05, 0.1) is 24.7 Å². The Labute approximate surface area is 191 Å². The summed E-state index contributed by atoms with van der Waals surface area (Å²) in [5, 5.41) is 21.1. The number of anilines is 1. The van der Waals surface area contributed by atoms with Crippen molar-refractivity contribution >= 4 is 29.3 Å². The lowest BCUT2D eigenvalue weighted by Crippen LogP contribution is -2.46. The SMILES string of the molecule is CC#CC1(O)C(CO)[C@@H]([C@@H](C)OP(=O)(O)OP(=O)(O)OP(=O)(O)O)O[C@H]1n1ccc(N)nc1=O. The molecule has 17 nitrogen and oxygen atoms in total. The third-order valence-electron chi connectivity index (χ3n) is 4.43. The predicted molar refractivity (Wildman–Crippen MR) is 110 cm³/mol. The van der Waals surface area contributed by atoms with Crippen molar-refractivity contribution in [3.05, 3.63) is 22.7 Å². The van der Waals surface area contributed by atoms with Crippen LogP contribution in [0.2, 0.25) is 0 Å².